The molecule has 1 aromatic rings. The third kappa shape index (κ3) is 2.07. The highest BCUT2D eigenvalue weighted by Gasteiger charge is 2.33. The zero-order valence-electron chi connectivity index (χ0n) is 10.5. The van der Waals surface area contributed by atoms with Crippen molar-refractivity contribution in [1.82, 2.24) is 9.97 Å². The lowest BCUT2D eigenvalue weighted by Gasteiger charge is -2.39. The van der Waals surface area contributed by atoms with Gasteiger partial charge in [-0.05, 0) is 33.1 Å². The lowest BCUT2D eigenvalue weighted by molar-refractivity contribution is -0.383. The highest BCUT2D eigenvalue weighted by molar-refractivity contribution is 5.69. The molecule has 1 saturated heterocycles. The van der Waals surface area contributed by atoms with E-state index in [2.05, 4.69) is 23.8 Å². The Balaban J connectivity index is 2.49. The standard InChI is InChI=1S/C11H17N5O2/c1-7-4-3-5-8(2)15(7)11-9(16(17)18)10(12)13-6-14-11/h6-8H,3-5H2,1-2H3,(H2,12,13,14). The minimum atomic E-state index is -0.501. The molecule has 2 rings (SSSR count). The number of nitrogens with two attached hydrogens (primary N) is 1. The van der Waals surface area contributed by atoms with Crippen molar-refractivity contribution < 1.29 is 4.92 Å². The Morgan fingerprint density at radius 3 is 2.56 bits per heavy atom. The van der Waals surface area contributed by atoms with Crippen LogP contribution >= 0.6 is 0 Å². The molecule has 0 spiro atoms. The van der Waals surface area contributed by atoms with Crippen molar-refractivity contribution in [2.24, 2.45) is 0 Å². The highest BCUT2D eigenvalue weighted by Crippen LogP contribution is 2.35. The lowest BCUT2D eigenvalue weighted by atomic mass is 9.97. The first-order valence-corrected chi connectivity index (χ1v) is 6.05. The molecule has 2 heterocycles. The van der Waals surface area contributed by atoms with Gasteiger partial charge in [0.15, 0.2) is 0 Å². The van der Waals surface area contributed by atoms with E-state index in [0.717, 1.165) is 19.3 Å². The molecular formula is C11H17N5O2. The molecule has 1 aliphatic heterocycles. The van der Waals surface area contributed by atoms with Crippen LogP contribution in [-0.2, 0) is 0 Å². The molecule has 1 fully saturated rings. The Hall–Kier alpha value is -1.92. The van der Waals surface area contributed by atoms with Crippen LogP contribution in [0.3, 0.4) is 0 Å². The van der Waals surface area contributed by atoms with Crippen LogP contribution in [0.4, 0.5) is 17.3 Å². The van der Waals surface area contributed by atoms with Crippen LogP contribution in [0.2, 0.25) is 0 Å². The molecule has 0 aliphatic carbocycles. The Kier molecular flexibility index (Phi) is 3.31. The van der Waals surface area contributed by atoms with Gasteiger partial charge in [-0.3, -0.25) is 10.1 Å². The number of nitrogen functional groups attached to an aromatic ring is 1. The van der Waals surface area contributed by atoms with Gasteiger partial charge in [0.1, 0.15) is 6.33 Å². The van der Waals surface area contributed by atoms with Crippen molar-refractivity contribution >= 4 is 17.3 Å². The van der Waals surface area contributed by atoms with Gasteiger partial charge < -0.3 is 10.6 Å². The van der Waals surface area contributed by atoms with E-state index >= 15 is 0 Å². The smallest absolute Gasteiger partial charge is 0.353 e. The summed E-state index contributed by atoms with van der Waals surface area (Å²) >= 11 is 0. The van der Waals surface area contributed by atoms with Gasteiger partial charge in [0.05, 0.1) is 4.92 Å². The van der Waals surface area contributed by atoms with E-state index in [1.807, 2.05) is 4.90 Å². The summed E-state index contributed by atoms with van der Waals surface area (Å²) in [7, 11) is 0. The fourth-order valence-corrected chi connectivity index (χ4v) is 2.59. The molecule has 7 nitrogen and oxygen atoms in total. The van der Waals surface area contributed by atoms with Gasteiger partial charge in [0.25, 0.3) is 0 Å². The van der Waals surface area contributed by atoms with Gasteiger partial charge in [0.2, 0.25) is 11.6 Å². The Morgan fingerprint density at radius 2 is 2.00 bits per heavy atom. The fourth-order valence-electron chi connectivity index (χ4n) is 2.59. The van der Waals surface area contributed by atoms with Crippen LogP contribution in [0.15, 0.2) is 6.33 Å². The largest absolute Gasteiger partial charge is 0.378 e. The number of rotatable bonds is 2. The monoisotopic (exact) mass is 251 g/mol. The average Bonchev–Trinajstić information content (AvgIpc) is 2.28. The van der Waals surface area contributed by atoms with Crippen LogP contribution in [0.25, 0.3) is 0 Å². The molecule has 1 aliphatic rings. The number of nitrogens with zero attached hydrogens (tertiary/aromatic N) is 4. The minimum Gasteiger partial charge on any atom is -0.378 e. The van der Waals surface area contributed by atoms with E-state index in [4.69, 9.17) is 5.73 Å². The summed E-state index contributed by atoms with van der Waals surface area (Å²) in [6.45, 7) is 4.11. The van der Waals surface area contributed by atoms with E-state index in [1.54, 1.807) is 0 Å². The number of piperidine rings is 1. The second kappa shape index (κ2) is 4.75. The second-order valence-electron chi connectivity index (χ2n) is 4.72. The maximum atomic E-state index is 11.1. The average molecular weight is 251 g/mol. The molecular weight excluding hydrogens is 234 g/mol. The van der Waals surface area contributed by atoms with Gasteiger partial charge >= 0.3 is 5.69 Å². The van der Waals surface area contributed by atoms with Crippen molar-refractivity contribution in [3.8, 4) is 0 Å². The van der Waals surface area contributed by atoms with E-state index in [9.17, 15) is 10.1 Å². The van der Waals surface area contributed by atoms with E-state index in [0.29, 0.717) is 5.82 Å². The summed E-state index contributed by atoms with van der Waals surface area (Å²) in [6, 6.07) is 0.448. The SMILES string of the molecule is CC1CCCC(C)N1c1ncnc(N)c1[N+](=O)[O-]. The van der Waals surface area contributed by atoms with Crippen molar-refractivity contribution in [2.75, 3.05) is 10.6 Å². The molecule has 0 aromatic carbocycles. The van der Waals surface area contributed by atoms with Crippen molar-refractivity contribution in [2.45, 2.75) is 45.2 Å². The third-order valence-electron chi connectivity index (χ3n) is 3.45. The first kappa shape index (κ1) is 12.5. The van der Waals surface area contributed by atoms with Crippen LogP contribution < -0.4 is 10.6 Å². The predicted octanol–water partition coefficient (Wildman–Crippen LogP) is 1.73. The molecule has 18 heavy (non-hydrogen) atoms. The number of hydrogen-bond donors (Lipinski definition) is 1. The number of hydrogen-bond acceptors (Lipinski definition) is 6. The normalized spacial score (nSPS) is 24.0. The van der Waals surface area contributed by atoms with Crippen LogP contribution in [0.1, 0.15) is 33.1 Å². The van der Waals surface area contributed by atoms with Gasteiger partial charge in [-0.25, -0.2) is 9.97 Å². The first-order valence-electron chi connectivity index (χ1n) is 6.05. The maximum absolute atomic E-state index is 11.1. The second-order valence-corrected chi connectivity index (χ2v) is 4.72. The van der Waals surface area contributed by atoms with Crippen molar-refractivity contribution in [3.05, 3.63) is 16.4 Å². The van der Waals surface area contributed by atoms with Crippen molar-refractivity contribution in [1.29, 1.82) is 0 Å². The molecule has 0 radical (unpaired) electrons. The van der Waals surface area contributed by atoms with Crippen LogP contribution in [-0.4, -0.2) is 27.0 Å². The summed E-state index contributed by atoms with van der Waals surface area (Å²) in [5.41, 5.74) is 5.42. The van der Waals surface area contributed by atoms with Gasteiger partial charge in [-0.2, -0.15) is 0 Å². The molecule has 0 saturated carbocycles. The molecule has 2 atom stereocenters. The van der Waals surface area contributed by atoms with Crippen LogP contribution in [0, 0.1) is 10.1 Å². The number of aromatic nitrogens is 2. The van der Waals surface area contributed by atoms with E-state index in [-0.39, 0.29) is 23.6 Å². The molecule has 0 bridgehead atoms. The Bertz CT molecular complexity index is 455. The Labute approximate surface area is 105 Å². The van der Waals surface area contributed by atoms with Gasteiger partial charge in [0, 0.05) is 12.1 Å². The highest BCUT2D eigenvalue weighted by atomic mass is 16.6. The summed E-state index contributed by atoms with van der Waals surface area (Å²) in [6.07, 6.45) is 4.43. The predicted molar refractivity (Wildman–Crippen MR) is 68.4 cm³/mol. The number of nitro groups is 1. The summed E-state index contributed by atoms with van der Waals surface area (Å²) in [5, 5.41) is 11.1. The number of anilines is 2. The van der Waals surface area contributed by atoms with Crippen LogP contribution in [0.5, 0.6) is 0 Å². The van der Waals surface area contributed by atoms with Gasteiger partial charge in [-0.15, -0.1) is 0 Å². The summed E-state index contributed by atoms with van der Waals surface area (Å²) < 4.78 is 0. The molecule has 98 valence electrons. The van der Waals surface area contributed by atoms with Crippen molar-refractivity contribution in [3.63, 3.8) is 0 Å². The van der Waals surface area contributed by atoms with E-state index in [1.165, 1.54) is 6.33 Å². The summed E-state index contributed by atoms with van der Waals surface area (Å²) in [5.74, 6) is 0.266. The fraction of sp³-hybridized carbons (Fsp3) is 0.636. The maximum Gasteiger partial charge on any atom is 0.353 e. The molecule has 0 amide bonds. The Morgan fingerprint density at radius 1 is 1.39 bits per heavy atom. The quantitative estimate of drug-likeness (QED) is 0.635. The zero-order chi connectivity index (χ0) is 13.3. The topological polar surface area (TPSA) is 98.2 Å². The molecule has 7 heteroatoms. The lowest BCUT2D eigenvalue weighted by Crippen LogP contribution is -2.44. The molecule has 1 aromatic heterocycles. The zero-order valence-corrected chi connectivity index (χ0v) is 10.5. The van der Waals surface area contributed by atoms with Gasteiger partial charge in [-0.1, -0.05) is 0 Å². The first-order chi connectivity index (χ1) is 8.52. The summed E-state index contributed by atoms with van der Waals surface area (Å²) in [4.78, 5) is 20.4. The third-order valence-corrected chi connectivity index (χ3v) is 3.45. The van der Waals surface area contributed by atoms with E-state index < -0.39 is 4.92 Å². The molecule has 2 N–H and O–H groups in total. The minimum absolute atomic E-state index is 0.0741. The molecule has 2 unspecified atom stereocenters.